The second kappa shape index (κ2) is 10.4. The zero-order valence-electron chi connectivity index (χ0n) is 19.3. The Labute approximate surface area is 187 Å². The van der Waals surface area contributed by atoms with Gasteiger partial charge in [0.25, 0.3) is 5.56 Å². The molecule has 32 heavy (non-hydrogen) atoms. The summed E-state index contributed by atoms with van der Waals surface area (Å²) in [6.07, 6.45) is 2.53. The number of nitrogens with zero attached hydrogens (tertiary/aromatic N) is 3. The molecule has 3 aromatic rings. The van der Waals surface area contributed by atoms with E-state index < -0.39 is 11.2 Å². The highest BCUT2D eigenvalue weighted by atomic mass is 16.5. The number of rotatable bonds is 10. The molecule has 8 nitrogen and oxygen atoms in total. The number of H-pyrrole nitrogens is 1. The summed E-state index contributed by atoms with van der Waals surface area (Å²) in [6, 6.07) is 9.62. The zero-order valence-corrected chi connectivity index (χ0v) is 19.3. The zero-order chi connectivity index (χ0) is 23.3. The van der Waals surface area contributed by atoms with Gasteiger partial charge in [0.1, 0.15) is 12.4 Å². The number of nitrogens with one attached hydrogen (secondary N) is 1. The van der Waals surface area contributed by atoms with Crippen molar-refractivity contribution >= 4 is 17.1 Å². The lowest BCUT2D eigenvalue weighted by atomic mass is 9.86. The average Bonchev–Trinajstić information content (AvgIpc) is 3.17. The van der Waals surface area contributed by atoms with Crippen molar-refractivity contribution in [2.75, 3.05) is 0 Å². The van der Waals surface area contributed by atoms with Gasteiger partial charge < -0.3 is 9.30 Å². The van der Waals surface area contributed by atoms with Gasteiger partial charge in [-0.05, 0) is 24.8 Å². The first kappa shape index (κ1) is 23.5. The molecule has 0 unspecified atom stereocenters. The van der Waals surface area contributed by atoms with Crippen molar-refractivity contribution in [1.82, 2.24) is 19.1 Å². The van der Waals surface area contributed by atoms with Crippen LogP contribution < -0.4 is 11.2 Å². The van der Waals surface area contributed by atoms with E-state index in [0.29, 0.717) is 30.1 Å². The lowest BCUT2D eigenvalue weighted by Crippen LogP contribution is -2.31. The molecule has 8 heteroatoms. The minimum absolute atomic E-state index is 0.0669. The van der Waals surface area contributed by atoms with E-state index in [1.54, 1.807) is 4.57 Å². The number of hydrogen-bond acceptors (Lipinski definition) is 5. The Morgan fingerprint density at radius 3 is 2.47 bits per heavy atom. The van der Waals surface area contributed by atoms with Crippen LogP contribution in [0.2, 0.25) is 0 Å². The van der Waals surface area contributed by atoms with Gasteiger partial charge in [0.05, 0.1) is 5.92 Å². The fraction of sp³-hybridized carbons (Fsp3) is 0.500. The van der Waals surface area contributed by atoms with Gasteiger partial charge in [-0.25, -0.2) is 9.78 Å². The molecule has 0 aliphatic carbocycles. The number of ether oxygens (including phenoxy) is 1. The number of fused-ring (bicyclic) bond motifs is 1. The summed E-state index contributed by atoms with van der Waals surface area (Å²) in [5.41, 5.74) is 0.630. The van der Waals surface area contributed by atoms with Crippen LogP contribution >= 0.6 is 0 Å². The molecular weight excluding hydrogens is 408 g/mol. The van der Waals surface area contributed by atoms with Crippen LogP contribution in [0.4, 0.5) is 0 Å². The molecule has 1 aromatic carbocycles. The summed E-state index contributed by atoms with van der Waals surface area (Å²) in [5.74, 6) is -0.144. The monoisotopic (exact) mass is 440 g/mol. The summed E-state index contributed by atoms with van der Waals surface area (Å²) in [7, 11) is 0. The van der Waals surface area contributed by atoms with E-state index in [4.69, 9.17) is 4.74 Å². The molecule has 2 aromatic heterocycles. The fourth-order valence-corrected chi connectivity index (χ4v) is 4.01. The number of hydrogen-bond donors (Lipinski definition) is 1. The molecule has 2 heterocycles. The molecule has 172 valence electrons. The lowest BCUT2D eigenvalue weighted by molar-refractivity contribution is -0.148. The van der Waals surface area contributed by atoms with Crippen molar-refractivity contribution in [3.8, 4) is 0 Å². The molecule has 0 saturated heterocycles. The van der Waals surface area contributed by atoms with Crippen molar-refractivity contribution < 1.29 is 9.53 Å². The Morgan fingerprint density at radius 2 is 1.84 bits per heavy atom. The lowest BCUT2D eigenvalue weighted by Gasteiger charge is -2.22. The predicted octanol–water partition coefficient (Wildman–Crippen LogP) is 3.58. The van der Waals surface area contributed by atoms with Crippen LogP contribution in [0.3, 0.4) is 0 Å². The van der Waals surface area contributed by atoms with Crippen LogP contribution in [0.25, 0.3) is 11.2 Å². The maximum Gasteiger partial charge on any atom is 0.330 e. The topological polar surface area (TPSA) is 99.0 Å². The molecule has 2 atom stereocenters. The SMILES string of the molecule is CCCCn1c(=O)[nH]c(=O)c2c1nc(COC(=O)[C@@H](c1ccccc1)[C@H](C)CC)n2CC. The van der Waals surface area contributed by atoms with Crippen molar-refractivity contribution in [3.63, 3.8) is 0 Å². The summed E-state index contributed by atoms with van der Waals surface area (Å²) >= 11 is 0. The van der Waals surface area contributed by atoms with Crippen LogP contribution in [-0.2, 0) is 29.2 Å². The highest BCUT2D eigenvalue weighted by Crippen LogP contribution is 2.28. The second-order valence-corrected chi connectivity index (χ2v) is 8.09. The number of unbranched alkanes of at least 4 members (excludes halogenated alkanes) is 1. The Hall–Kier alpha value is -3.16. The Bertz CT molecular complexity index is 1180. The van der Waals surface area contributed by atoms with Gasteiger partial charge in [-0.1, -0.05) is 63.9 Å². The molecule has 1 N–H and O–H groups in total. The standard InChI is InChI=1S/C24H32N4O4/c1-5-8-14-28-21-20(22(29)26-24(28)31)27(7-3)18(25-21)15-32-23(30)19(16(4)6-2)17-12-10-9-11-13-17/h9-13,16,19H,5-8,14-15H2,1-4H3,(H,26,29,31)/t16-,19-/m1/s1. The van der Waals surface area contributed by atoms with Gasteiger partial charge in [0, 0.05) is 13.1 Å². The Morgan fingerprint density at radius 1 is 1.12 bits per heavy atom. The van der Waals surface area contributed by atoms with Gasteiger partial charge in [0.15, 0.2) is 11.2 Å². The smallest absolute Gasteiger partial charge is 0.330 e. The molecule has 0 saturated carbocycles. The first-order chi connectivity index (χ1) is 15.4. The third kappa shape index (κ3) is 4.69. The van der Waals surface area contributed by atoms with Crippen LogP contribution in [0.15, 0.2) is 39.9 Å². The number of esters is 1. The first-order valence-corrected chi connectivity index (χ1v) is 11.4. The maximum absolute atomic E-state index is 13.1. The third-order valence-corrected chi connectivity index (χ3v) is 5.99. The van der Waals surface area contributed by atoms with Gasteiger partial charge in [-0.2, -0.15) is 0 Å². The number of aromatic amines is 1. The van der Waals surface area contributed by atoms with Crippen molar-refractivity contribution in [1.29, 1.82) is 0 Å². The van der Waals surface area contributed by atoms with Gasteiger partial charge in [0.2, 0.25) is 0 Å². The van der Waals surface area contributed by atoms with Crippen molar-refractivity contribution in [2.45, 2.75) is 72.6 Å². The van der Waals surface area contributed by atoms with Crippen LogP contribution in [0, 0.1) is 5.92 Å². The van der Waals surface area contributed by atoms with Gasteiger partial charge >= 0.3 is 11.7 Å². The van der Waals surface area contributed by atoms with E-state index in [-0.39, 0.29) is 24.4 Å². The molecule has 0 spiro atoms. The van der Waals surface area contributed by atoms with E-state index in [1.807, 2.05) is 58.0 Å². The van der Waals surface area contributed by atoms with Crippen molar-refractivity contribution in [2.24, 2.45) is 5.92 Å². The number of aryl methyl sites for hydroxylation is 2. The largest absolute Gasteiger partial charge is 0.457 e. The number of aromatic nitrogens is 4. The molecule has 0 fully saturated rings. The fourth-order valence-electron chi connectivity index (χ4n) is 4.01. The number of carbonyl (C=O) groups excluding carboxylic acids is 1. The van der Waals surface area contributed by atoms with Gasteiger partial charge in [-0.15, -0.1) is 0 Å². The summed E-state index contributed by atoms with van der Waals surface area (Å²) in [4.78, 5) is 44.9. The molecule has 0 radical (unpaired) electrons. The summed E-state index contributed by atoms with van der Waals surface area (Å²) in [5, 5.41) is 0. The highest BCUT2D eigenvalue weighted by Gasteiger charge is 2.28. The molecule has 0 bridgehead atoms. The normalized spacial score (nSPS) is 13.2. The molecule has 3 rings (SSSR count). The summed E-state index contributed by atoms with van der Waals surface area (Å²) < 4.78 is 8.91. The van der Waals surface area contributed by atoms with Crippen LogP contribution in [0.5, 0.6) is 0 Å². The first-order valence-electron chi connectivity index (χ1n) is 11.4. The van der Waals surface area contributed by atoms with E-state index in [0.717, 1.165) is 24.8 Å². The van der Waals surface area contributed by atoms with E-state index >= 15 is 0 Å². The maximum atomic E-state index is 13.1. The quantitative estimate of drug-likeness (QED) is 0.486. The van der Waals surface area contributed by atoms with Gasteiger partial charge in [-0.3, -0.25) is 19.1 Å². The van der Waals surface area contributed by atoms with E-state index in [2.05, 4.69) is 9.97 Å². The second-order valence-electron chi connectivity index (χ2n) is 8.09. The average molecular weight is 441 g/mol. The summed E-state index contributed by atoms with van der Waals surface area (Å²) in [6.45, 7) is 8.86. The minimum atomic E-state index is -0.480. The number of benzene rings is 1. The third-order valence-electron chi connectivity index (χ3n) is 5.99. The molecular formula is C24H32N4O4. The molecule has 0 aliphatic rings. The van der Waals surface area contributed by atoms with E-state index in [9.17, 15) is 14.4 Å². The van der Waals surface area contributed by atoms with Crippen molar-refractivity contribution in [3.05, 3.63) is 62.6 Å². The molecule has 0 aliphatic heterocycles. The van der Waals surface area contributed by atoms with E-state index in [1.165, 1.54) is 4.57 Å². The number of carbonyl (C=O) groups is 1. The number of imidazole rings is 1. The Kier molecular flexibility index (Phi) is 7.66. The highest BCUT2D eigenvalue weighted by molar-refractivity contribution is 5.78. The molecule has 0 amide bonds. The Balaban J connectivity index is 1.94. The predicted molar refractivity (Wildman–Crippen MR) is 124 cm³/mol. The minimum Gasteiger partial charge on any atom is -0.457 e. The van der Waals surface area contributed by atoms with Crippen LogP contribution in [-0.4, -0.2) is 25.1 Å². The van der Waals surface area contributed by atoms with Crippen LogP contribution in [0.1, 0.15) is 64.3 Å².